The molecule has 0 atom stereocenters. The number of nitriles is 4. The summed E-state index contributed by atoms with van der Waals surface area (Å²) < 4.78 is 177. The third kappa shape index (κ3) is 4.46. The van der Waals surface area contributed by atoms with Crippen LogP contribution in [0.1, 0.15) is 40.3 Å². The molecule has 0 aromatic heterocycles. The summed E-state index contributed by atoms with van der Waals surface area (Å²) in [6.45, 7) is 1.25. The van der Waals surface area contributed by atoms with Crippen molar-refractivity contribution in [2.24, 2.45) is 0 Å². The van der Waals surface area contributed by atoms with E-state index in [1.165, 1.54) is 0 Å². The van der Waals surface area contributed by atoms with E-state index in [1.54, 1.807) is 0 Å². The summed E-state index contributed by atoms with van der Waals surface area (Å²) in [6.07, 6.45) is 0. The van der Waals surface area contributed by atoms with Crippen LogP contribution >= 0.6 is 0 Å². The van der Waals surface area contributed by atoms with Gasteiger partial charge in [-0.3, -0.25) is 0 Å². The van der Waals surface area contributed by atoms with E-state index in [0.717, 1.165) is 24.3 Å². The van der Waals surface area contributed by atoms with Gasteiger partial charge in [-0.15, -0.1) is 0 Å². The Kier molecular flexibility index (Phi) is 8.22. The van der Waals surface area contributed by atoms with Crippen LogP contribution in [0.2, 0.25) is 0 Å². The second kappa shape index (κ2) is 11.5. The maximum atomic E-state index is 15.0. The number of allylic oxidation sites excluding steroid dienone is 6. The average Bonchev–Trinajstić information content (AvgIpc) is 3.76. The van der Waals surface area contributed by atoms with Gasteiger partial charge in [0, 0.05) is 16.7 Å². The van der Waals surface area contributed by atoms with Crippen molar-refractivity contribution in [1.29, 1.82) is 21.0 Å². The predicted octanol–water partition coefficient (Wildman–Crippen LogP) is 8.15. The Labute approximate surface area is 248 Å². The molecular formula is C30H6F12N4. The first-order chi connectivity index (χ1) is 21.5. The topological polar surface area (TPSA) is 95.2 Å². The van der Waals surface area contributed by atoms with Crippen molar-refractivity contribution in [2.45, 2.75) is 13.8 Å². The molecule has 46 heavy (non-hydrogen) atoms. The lowest BCUT2D eigenvalue weighted by Crippen LogP contribution is -2.06. The summed E-state index contributed by atoms with van der Waals surface area (Å²) in [4.78, 5) is 0. The molecule has 0 saturated heterocycles. The highest BCUT2D eigenvalue weighted by Gasteiger charge is 2.45. The standard InChI is InChI=1S/C30H6F12N4/c1-7(14-25(37)19(31)8(2)20(32)26(14)38)13-15(9(3-43)17-27(39)21(33)11(5-45)22(34)28(17)40)16(13)10(4-44)18-29(41)23(35)12(6-46)24(36)30(18)42/h1-2H3/b13-7-,15-9?,16-10-. The average molecular weight is 650 g/mol. The summed E-state index contributed by atoms with van der Waals surface area (Å²) in [5, 5.41) is 37.3. The highest BCUT2D eigenvalue weighted by Crippen LogP contribution is 2.57. The van der Waals surface area contributed by atoms with Crippen LogP contribution in [0.25, 0.3) is 16.7 Å². The van der Waals surface area contributed by atoms with Crippen molar-refractivity contribution in [3.8, 4) is 24.3 Å². The van der Waals surface area contributed by atoms with Crippen LogP contribution in [-0.4, -0.2) is 0 Å². The number of benzene rings is 3. The van der Waals surface area contributed by atoms with Gasteiger partial charge in [0.25, 0.3) is 0 Å². The van der Waals surface area contributed by atoms with Crippen molar-refractivity contribution in [3.05, 3.63) is 120 Å². The Bertz CT molecular complexity index is 2030. The lowest BCUT2D eigenvalue weighted by atomic mass is 9.99. The zero-order chi connectivity index (χ0) is 34.7. The van der Waals surface area contributed by atoms with E-state index < -0.39 is 137 Å². The molecule has 1 aliphatic carbocycles. The molecule has 0 unspecified atom stereocenters. The molecule has 3 aromatic carbocycles. The molecule has 0 bridgehead atoms. The second-order valence-corrected chi connectivity index (χ2v) is 9.22. The first-order valence-electron chi connectivity index (χ1n) is 11.9. The highest BCUT2D eigenvalue weighted by molar-refractivity contribution is 6.10. The molecule has 1 fully saturated rings. The van der Waals surface area contributed by atoms with Gasteiger partial charge >= 0.3 is 0 Å². The number of rotatable bonds is 3. The van der Waals surface area contributed by atoms with Crippen molar-refractivity contribution < 1.29 is 52.7 Å². The maximum Gasteiger partial charge on any atom is 0.180 e. The Morgan fingerprint density at radius 2 is 0.696 bits per heavy atom. The SMILES string of the molecule is C/C(=C1\C(=C(C#N)c2c(F)c(F)c(C#N)c(F)c2F)\C1=C(\C#N)c1c(F)c(F)c(C#N)c(F)c1F)c1c(F)c(F)c(C)c(F)c1F. The molecule has 0 N–H and O–H groups in total. The van der Waals surface area contributed by atoms with E-state index in [-0.39, 0.29) is 0 Å². The fourth-order valence-corrected chi connectivity index (χ4v) is 4.63. The molecule has 0 aliphatic heterocycles. The van der Waals surface area contributed by atoms with Crippen LogP contribution in [0, 0.1) is 122 Å². The van der Waals surface area contributed by atoms with E-state index in [4.69, 9.17) is 10.5 Å². The summed E-state index contributed by atoms with van der Waals surface area (Å²) >= 11 is 0. The molecule has 16 heteroatoms. The Morgan fingerprint density at radius 3 is 0.957 bits per heavy atom. The monoisotopic (exact) mass is 650 g/mol. The Hall–Kier alpha value is -6.00. The van der Waals surface area contributed by atoms with Gasteiger partial charge in [-0.25, -0.2) is 52.7 Å². The largest absolute Gasteiger partial charge is 0.203 e. The van der Waals surface area contributed by atoms with Gasteiger partial charge in [-0.1, -0.05) is 0 Å². The minimum atomic E-state index is -2.42. The van der Waals surface area contributed by atoms with E-state index in [0.29, 0.717) is 13.8 Å². The molecule has 1 aliphatic rings. The Morgan fingerprint density at radius 1 is 0.413 bits per heavy atom. The molecular weight excluding hydrogens is 644 g/mol. The fourth-order valence-electron chi connectivity index (χ4n) is 4.63. The molecule has 3 aromatic rings. The minimum absolute atomic E-state index is 0.623. The van der Waals surface area contributed by atoms with Gasteiger partial charge in [0.05, 0.1) is 27.8 Å². The normalized spacial score (nSPS) is 15.4. The first-order valence-corrected chi connectivity index (χ1v) is 11.9. The van der Waals surface area contributed by atoms with E-state index in [9.17, 15) is 45.6 Å². The molecule has 0 amide bonds. The highest BCUT2D eigenvalue weighted by atomic mass is 19.2. The fraction of sp³-hybridized carbons (Fsp3) is 0.0667. The van der Waals surface area contributed by atoms with Crippen molar-refractivity contribution in [1.82, 2.24) is 0 Å². The van der Waals surface area contributed by atoms with Gasteiger partial charge in [0.15, 0.2) is 69.8 Å². The van der Waals surface area contributed by atoms with Crippen LogP contribution in [0.5, 0.6) is 0 Å². The minimum Gasteiger partial charge on any atom is -0.203 e. The third-order valence-corrected chi connectivity index (χ3v) is 6.89. The summed E-state index contributed by atoms with van der Waals surface area (Å²) in [5.41, 5.74) is -17.8. The van der Waals surface area contributed by atoms with Gasteiger partial charge < -0.3 is 0 Å². The summed E-state index contributed by atoms with van der Waals surface area (Å²) in [5.74, 6) is -27.3. The molecule has 230 valence electrons. The van der Waals surface area contributed by atoms with Gasteiger partial charge in [-0.05, 0) is 25.0 Å². The lowest BCUT2D eigenvalue weighted by molar-refractivity contribution is 0.441. The number of hydrogen-bond acceptors (Lipinski definition) is 4. The van der Waals surface area contributed by atoms with Crippen molar-refractivity contribution in [3.63, 3.8) is 0 Å². The predicted molar refractivity (Wildman–Crippen MR) is 131 cm³/mol. The second-order valence-electron chi connectivity index (χ2n) is 9.22. The maximum absolute atomic E-state index is 15.0. The quantitative estimate of drug-likeness (QED) is 0.162. The molecule has 4 rings (SSSR count). The van der Waals surface area contributed by atoms with Crippen LogP contribution in [0.3, 0.4) is 0 Å². The molecule has 0 spiro atoms. The van der Waals surface area contributed by atoms with Crippen LogP contribution < -0.4 is 0 Å². The van der Waals surface area contributed by atoms with Crippen LogP contribution in [-0.2, 0) is 0 Å². The zero-order valence-corrected chi connectivity index (χ0v) is 22.3. The summed E-state index contributed by atoms with van der Waals surface area (Å²) in [6, 6.07) is 3.78. The van der Waals surface area contributed by atoms with Gasteiger partial charge in [0.1, 0.15) is 35.4 Å². The summed E-state index contributed by atoms with van der Waals surface area (Å²) in [7, 11) is 0. The van der Waals surface area contributed by atoms with E-state index in [1.807, 2.05) is 0 Å². The molecule has 0 radical (unpaired) electrons. The van der Waals surface area contributed by atoms with E-state index >= 15 is 17.6 Å². The Balaban J connectivity index is 2.32. The molecule has 0 heterocycles. The number of halogens is 12. The lowest BCUT2D eigenvalue weighted by Gasteiger charge is -2.10. The third-order valence-electron chi connectivity index (χ3n) is 6.89. The van der Waals surface area contributed by atoms with Crippen molar-refractivity contribution in [2.75, 3.05) is 0 Å². The number of nitrogens with zero attached hydrogens (tertiary/aromatic N) is 4. The molecule has 1 saturated carbocycles. The van der Waals surface area contributed by atoms with Gasteiger partial charge in [-0.2, -0.15) is 21.0 Å². The smallest absolute Gasteiger partial charge is 0.180 e. The van der Waals surface area contributed by atoms with E-state index in [2.05, 4.69) is 0 Å². The van der Waals surface area contributed by atoms with Crippen molar-refractivity contribution >= 4 is 16.7 Å². The number of hydrogen-bond donors (Lipinski definition) is 0. The first kappa shape index (κ1) is 32.9. The molecule has 4 nitrogen and oxygen atoms in total. The van der Waals surface area contributed by atoms with Gasteiger partial charge in [0.2, 0.25) is 0 Å². The zero-order valence-electron chi connectivity index (χ0n) is 22.3. The van der Waals surface area contributed by atoms with Crippen LogP contribution in [0.4, 0.5) is 52.7 Å². The van der Waals surface area contributed by atoms with Crippen LogP contribution in [0.15, 0.2) is 16.7 Å².